The number of hydrogen-bond donors (Lipinski definition) is 3. The van der Waals surface area contributed by atoms with Gasteiger partial charge in [0, 0.05) is 0 Å². The van der Waals surface area contributed by atoms with Gasteiger partial charge in [-0.3, -0.25) is 0 Å². The molecule has 0 heterocycles. The molecule has 0 spiro atoms. The Balaban J connectivity index is 0.00000676. The Morgan fingerprint density at radius 3 is 2.26 bits per heavy atom. The largest absolute Gasteiger partial charge is 0.493 e. The van der Waals surface area contributed by atoms with E-state index >= 15 is 0 Å². The SMILES string of the molecule is CCCCCCCOc1ccc(C=CC(N)(CO)CO)cc1C(F)(F)F.Cl. The van der Waals surface area contributed by atoms with Crippen LogP contribution in [-0.4, -0.2) is 35.6 Å². The zero-order valence-electron chi connectivity index (χ0n) is 15.5. The molecular formula is C19H29ClF3NO3. The highest BCUT2D eigenvalue weighted by Crippen LogP contribution is 2.37. The molecule has 156 valence electrons. The van der Waals surface area contributed by atoms with E-state index in [-0.39, 0.29) is 30.3 Å². The smallest absolute Gasteiger partial charge is 0.419 e. The summed E-state index contributed by atoms with van der Waals surface area (Å²) < 4.78 is 45.2. The van der Waals surface area contributed by atoms with Crippen LogP contribution in [0.15, 0.2) is 24.3 Å². The second kappa shape index (κ2) is 12.2. The van der Waals surface area contributed by atoms with Crippen molar-refractivity contribution in [3.8, 4) is 5.75 Å². The third kappa shape index (κ3) is 8.97. The zero-order chi connectivity index (χ0) is 19.6. The fraction of sp³-hybridized carbons (Fsp3) is 0.579. The summed E-state index contributed by atoms with van der Waals surface area (Å²) in [5.41, 5.74) is 3.69. The summed E-state index contributed by atoms with van der Waals surface area (Å²) in [7, 11) is 0. The summed E-state index contributed by atoms with van der Waals surface area (Å²) >= 11 is 0. The van der Waals surface area contributed by atoms with Crippen molar-refractivity contribution in [1.29, 1.82) is 0 Å². The molecule has 0 aliphatic carbocycles. The average molecular weight is 412 g/mol. The lowest BCUT2D eigenvalue weighted by molar-refractivity contribution is -0.139. The molecule has 0 unspecified atom stereocenters. The second-order valence-corrected chi connectivity index (χ2v) is 6.40. The van der Waals surface area contributed by atoms with E-state index in [1.54, 1.807) is 0 Å². The molecule has 4 N–H and O–H groups in total. The van der Waals surface area contributed by atoms with Crippen LogP contribution >= 0.6 is 12.4 Å². The van der Waals surface area contributed by atoms with Gasteiger partial charge in [-0.25, -0.2) is 0 Å². The number of nitrogens with two attached hydrogens (primary N) is 1. The van der Waals surface area contributed by atoms with Crippen LogP contribution < -0.4 is 10.5 Å². The molecule has 0 saturated heterocycles. The monoisotopic (exact) mass is 411 g/mol. The maximum absolute atomic E-state index is 13.3. The molecule has 0 amide bonds. The van der Waals surface area contributed by atoms with E-state index in [2.05, 4.69) is 6.92 Å². The third-order valence-electron chi connectivity index (χ3n) is 4.01. The quantitative estimate of drug-likeness (QED) is 0.478. The van der Waals surface area contributed by atoms with E-state index in [1.165, 1.54) is 24.3 Å². The number of aliphatic hydroxyl groups is 2. The van der Waals surface area contributed by atoms with E-state index in [0.29, 0.717) is 6.42 Å². The van der Waals surface area contributed by atoms with Crippen molar-refractivity contribution < 1.29 is 28.1 Å². The molecule has 8 heteroatoms. The van der Waals surface area contributed by atoms with Gasteiger partial charge < -0.3 is 20.7 Å². The first kappa shape index (κ1) is 25.7. The van der Waals surface area contributed by atoms with Crippen LogP contribution in [0, 0.1) is 0 Å². The van der Waals surface area contributed by atoms with E-state index in [9.17, 15) is 13.2 Å². The van der Waals surface area contributed by atoms with Gasteiger partial charge in [-0.2, -0.15) is 13.2 Å². The first-order valence-electron chi connectivity index (χ1n) is 8.79. The Morgan fingerprint density at radius 2 is 1.70 bits per heavy atom. The van der Waals surface area contributed by atoms with Crippen molar-refractivity contribution in [3.05, 3.63) is 35.4 Å². The highest BCUT2D eigenvalue weighted by atomic mass is 35.5. The summed E-state index contributed by atoms with van der Waals surface area (Å²) in [6.45, 7) is 1.29. The molecule has 4 nitrogen and oxygen atoms in total. The fourth-order valence-electron chi connectivity index (χ4n) is 2.30. The van der Waals surface area contributed by atoms with Gasteiger partial charge in [0.05, 0.1) is 30.9 Å². The molecule has 0 atom stereocenters. The maximum Gasteiger partial charge on any atom is 0.419 e. The van der Waals surface area contributed by atoms with Gasteiger partial charge in [0.1, 0.15) is 5.75 Å². The topological polar surface area (TPSA) is 75.7 Å². The fourth-order valence-corrected chi connectivity index (χ4v) is 2.30. The van der Waals surface area contributed by atoms with Gasteiger partial charge in [0.2, 0.25) is 0 Å². The average Bonchev–Trinajstić information content (AvgIpc) is 2.62. The van der Waals surface area contributed by atoms with E-state index in [1.807, 2.05) is 0 Å². The maximum atomic E-state index is 13.3. The lowest BCUT2D eigenvalue weighted by Gasteiger charge is -2.20. The zero-order valence-corrected chi connectivity index (χ0v) is 16.3. The predicted molar refractivity (Wildman–Crippen MR) is 103 cm³/mol. The van der Waals surface area contributed by atoms with Gasteiger partial charge in [-0.05, 0) is 24.1 Å². The number of rotatable bonds is 11. The molecule has 0 aliphatic rings. The molecule has 27 heavy (non-hydrogen) atoms. The molecule has 0 bridgehead atoms. The Labute approximate surface area is 164 Å². The molecular weight excluding hydrogens is 383 g/mol. The Morgan fingerprint density at radius 1 is 1.07 bits per heavy atom. The summed E-state index contributed by atoms with van der Waals surface area (Å²) in [5.74, 6) is -0.200. The van der Waals surface area contributed by atoms with Crippen molar-refractivity contribution in [2.75, 3.05) is 19.8 Å². The number of hydrogen-bond acceptors (Lipinski definition) is 4. The molecule has 0 fully saturated rings. The highest BCUT2D eigenvalue weighted by molar-refractivity contribution is 5.85. The lowest BCUT2D eigenvalue weighted by Crippen LogP contribution is -2.45. The van der Waals surface area contributed by atoms with Crippen LogP contribution in [-0.2, 0) is 6.18 Å². The van der Waals surface area contributed by atoms with E-state index < -0.39 is 30.5 Å². The summed E-state index contributed by atoms with van der Waals surface area (Å²) in [6, 6.07) is 3.73. The van der Waals surface area contributed by atoms with Crippen LogP contribution in [0.3, 0.4) is 0 Å². The lowest BCUT2D eigenvalue weighted by atomic mass is 10.0. The predicted octanol–water partition coefficient (Wildman–Crippen LogP) is 4.17. The molecule has 0 aromatic heterocycles. The van der Waals surface area contributed by atoms with Gasteiger partial charge in [0.25, 0.3) is 0 Å². The molecule has 1 aromatic rings. The molecule has 0 saturated carbocycles. The number of alkyl halides is 3. The third-order valence-corrected chi connectivity index (χ3v) is 4.01. The number of ether oxygens (including phenoxy) is 1. The van der Waals surface area contributed by atoms with Crippen molar-refractivity contribution in [3.63, 3.8) is 0 Å². The minimum atomic E-state index is -4.55. The second-order valence-electron chi connectivity index (χ2n) is 6.40. The van der Waals surface area contributed by atoms with Gasteiger partial charge in [-0.1, -0.05) is 50.8 Å². The first-order valence-corrected chi connectivity index (χ1v) is 8.79. The number of halogens is 4. The van der Waals surface area contributed by atoms with Crippen molar-refractivity contribution in [2.45, 2.75) is 50.7 Å². The van der Waals surface area contributed by atoms with Crippen LogP contribution in [0.4, 0.5) is 13.2 Å². The van der Waals surface area contributed by atoms with Crippen molar-refractivity contribution in [1.82, 2.24) is 0 Å². The number of benzene rings is 1. The van der Waals surface area contributed by atoms with E-state index in [4.69, 9.17) is 20.7 Å². The van der Waals surface area contributed by atoms with Gasteiger partial charge in [-0.15, -0.1) is 12.4 Å². The van der Waals surface area contributed by atoms with Crippen LogP contribution in [0.2, 0.25) is 0 Å². The van der Waals surface area contributed by atoms with Crippen LogP contribution in [0.5, 0.6) is 5.75 Å². The summed E-state index contributed by atoms with van der Waals surface area (Å²) in [5, 5.41) is 18.3. The molecule has 0 aliphatic heterocycles. The minimum absolute atomic E-state index is 0. The first-order chi connectivity index (χ1) is 12.3. The number of aliphatic hydroxyl groups excluding tert-OH is 2. The van der Waals surface area contributed by atoms with Crippen molar-refractivity contribution in [2.24, 2.45) is 5.73 Å². The van der Waals surface area contributed by atoms with Crippen LogP contribution in [0.1, 0.15) is 50.2 Å². The highest BCUT2D eigenvalue weighted by Gasteiger charge is 2.34. The summed E-state index contributed by atoms with van der Waals surface area (Å²) in [6.07, 6.45) is 2.98. The Hall–Kier alpha value is -1.28. The molecule has 1 rings (SSSR count). The summed E-state index contributed by atoms with van der Waals surface area (Å²) in [4.78, 5) is 0. The normalized spacial score (nSPS) is 12.3. The van der Waals surface area contributed by atoms with Crippen LogP contribution in [0.25, 0.3) is 6.08 Å². The molecule has 1 aromatic carbocycles. The van der Waals surface area contributed by atoms with Crippen molar-refractivity contribution >= 4 is 18.5 Å². The Kier molecular flexibility index (Phi) is 11.7. The van der Waals surface area contributed by atoms with Gasteiger partial charge in [0.15, 0.2) is 0 Å². The molecule has 0 radical (unpaired) electrons. The Bertz CT molecular complexity index is 576. The standard InChI is InChI=1S/C19H28F3NO3.ClH/c1-2-3-4-5-6-11-26-17-8-7-15(12-16(17)19(20,21)22)9-10-18(23,13-24)14-25;/h7-10,12,24-25H,2-6,11,13-14,23H2,1H3;1H. The van der Waals surface area contributed by atoms with E-state index in [0.717, 1.165) is 31.7 Å². The minimum Gasteiger partial charge on any atom is -0.493 e. The number of unbranched alkanes of at least 4 members (excludes halogenated alkanes) is 4. The van der Waals surface area contributed by atoms with Gasteiger partial charge >= 0.3 is 6.18 Å².